The lowest BCUT2D eigenvalue weighted by atomic mass is 9.96. The van der Waals surface area contributed by atoms with Crippen molar-refractivity contribution in [1.82, 2.24) is 15.5 Å². The maximum atomic E-state index is 13.8. The monoisotopic (exact) mass is 555 g/mol. The first-order valence-electron chi connectivity index (χ1n) is 13.2. The Morgan fingerprint density at radius 2 is 1.90 bits per heavy atom. The predicted octanol–water partition coefficient (Wildman–Crippen LogP) is 2.24. The number of phenolic OH excluding ortho intramolecular Hbond substituents is 1. The number of hydrogen-bond acceptors (Lipinski definition) is 7. The van der Waals surface area contributed by atoms with Crippen molar-refractivity contribution in [3.63, 3.8) is 0 Å². The van der Waals surface area contributed by atoms with Gasteiger partial charge in [-0.05, 0) is 51.3 Å². The fourth-order valence-electron chi connectivity index (χ4n) is 5.07. The smallest absolute Gasteiger partial charge is 0.254 e. The van der Waals surface area contributed by atoms with Crippen molar-refractivity contribution in [1.29, 1.82) is 0 Å². The molecule has 2 aromatic rings. The average molecular weight is 556 g/mol. The van der Waals surface area contributed by atoms with Crippen molar-refractivity contribution < 1.29 is 29.3 Å². The second-order valence-corrected chi connectivity index (χ2v) is 12.3. The van der Waals surface area contributed by atoms with Crippen LogP contribution in [0.3, 0.4) is 0 Å². The minimum atomic E-state index is -1.60. The molecule has 2 aliphatic heterocycles. The zero-order valence-electron chi connectivity index (χ0n) is 22.6. The topological polar surface area (TPSA) is 128 Å². The van der Waals surface area contributed by atoms with E-state index in [9.17, 15) is 24.6 Å². The number of benzene rings is 2. The largest absolute Gasteiger partial charge is 0.508 e. The third-order valence-corrected chi connectivity index (χ3v) is 8.84. The maximum Gasteiger partial charge on any atom is 0.254 e. The summed E-state index contributed by atoms with van der Waals surface area (Å²) in [6, 6.07) is 12.1. The number of amides is 3. The van der Waals surface area contributed by atoms with E-state index < -0.39 is 34.7 Å². The van der Waals surface area contributed by atoms with Crippen LogP contribution in [0.4, 0.5) is 0 Å². The number of aliphatic hydroxyl groups is 1. The van der Waals surface area contributed by atoms with Gasteiger partial charge in [0.1, 0.15) is 11.8 Å². The highest BCUT2D eigenvalue weighted by Crippen LogP contribution is 2.40. The Morgan fingerprint density at radius 1 is 1.15 bits per heavy atom. The minimum Gasteiger partial charge on any atom is -0.508 e. The van der Waals surface area contributed by atoms with Gasteiger partial charge in [0.15, 0.2) is 6.10 Å². The lowest BCUT2D eigenvalue weighted by molar-refractivity contribution is -0.147. The Labute approximate surface area is 233 Å². The molecular formula is C29H37N3O6S. The zero-order chi connectivity index (χ0) is 28.2. The molecule has 9 nitrogen and oxygen atoms in total. The second kappa shape index (κ2) is 12.4. The molecule has 4 unspecified atom stereocenters. The van der Waals surface area contributed by atoms with Crippen LogP contribution in [0.5, 0.6) is 5.75 Å². The number of hydrogen-bond donors (Lipinski definition) is 4. The van der Waals surface area contributed by atoms with Crippen LogP contribution in [0.25, 0.3) is 0 Å². The van der Waals surface area contributed by atoms with Crippen LogP contribution in [-0.4, -0.2) is 81.4 Å². The number of nitrogens with one attached hydrogen (secondary N) is 2. The third-order valence-electron chi connectivity index (χ3n) is 7.47. The molecule has 0 saturated carbocycles. The fourth-order valence-corrected chi connectivity index (χ4v) is 6.21. The van der Waals surface area contributed by atoms with Gasteiger partial charge in [-0.25, -0.2) is 0 Å². The number of phenols is 1. The highest BCUT2D eigenvalue weighted by molar-refractivity contribution is 8.00. The van der Waals surface area contributed by atoms with Gasteiger partial charge in [-0.1, -0.05) is 36.4 Å². The number of rotatable bonds is 9. The lowest BCUT2D eigenvalue weighted by Gasteiger charge is -2.33. The second-order valence-electron chi connectivity index (χ2n) is 10.7. The van der Waals surface area contributed by atoms with Crippen LogP contribution in [0.2, 0.25) is 0 Å². The van der Waals surface area contributed by atoms with E-state index in [1.807, 2.05) is 44.2 Å². The summed E-state index contributed by atoms with van der Waals surface area (Å²) in [5, 5.41) is 27.2. The molecule has 2 saturated heterocycles. The van der Waals surface area contributed by atoms with Crippen LogP contribution >= 0.6 is 11.8 Å². The molecule has 0 radical (unpaired) electrons. The summed E-state index contributed by atoms with van der Waals surface area (Å²) >= 11 is 1.47. The predicted molar refractivity (Wildman–Crippen MR) is 149 cm³/mol. The number of nitrogens with zero attached hydrogens (tertiary/aromatic N) is 1. The maximum absolute atomic E-state index is 13.8. The van der Waals surface area contributed by atoms with E-state index in [0.717, 1.165) is 12.0 Å². The molecule has 3 amide bonds. The van der Waals surface area contributed by atoms with Crippen molar-refractivity contribution in [2.45, 2.75) is 56.5 Å². The molecule has 0 spiro atoms. The number of aliphatic hydroxyl groups excluding tert-OH is 1. The van der Waals surface area contributed by atoms with Crippen molar-refractivity contribution in [2.24, 2.45) is 5.92 Å². The van der Waals surface area contributed by atoms with Gasteiger partial charge in [0.05, 0.1) is 18.5 Å². The number of thioether (sulfide) groups is 1. The van der Waals surface area contributed by atoms with Gasteiger partial charge in [-0.15, -0.1) is 11.8 Å². The quantitative estimate of drug-likeness (QED) is 0.374. The number of carbonyl (C=O) groups excluding carboxylic acids is 3. The first kappa shape index (κ1) is 28.9. The fraction of sp³-hybridized carbons (Fsp3) is 0.483. The van der Waals surface area contributed by atoms with Gasteiger partial charge in [0.2, 0.25) is 5.91 Å². The van der Waals surface area contributed by atoms with Gasteiger partial charge < -0.3 is 30.5 Å². The van der Waals surface area contributed by atoms with Crippen molar-refractivity contribution >= 4 is 29.5 Å². The molecule has 4 N–H and O–H groups in total. The molecule has 210 valence electrons. The van der Waals surface area contributed by atoms with Gasteiger partial charge in [0.25, 0.3) is 11.8 Å². The molecule has 2 aliphatic rings. The molecule has 0 aliphatic carbocycles. The summed E-state index contributed by atoms with van der Waals surface area (Å²) in [5.74, 6) is -0.936. The summed E-state index contributed by atoms with van der Waals surface area (Å²) in [6.07, 6.45) is -0.524. The lowest BCUT2D eigenvalue weighted by Crippen LogP contribution is -2.59. The highest BCUT2D eigenvalue weighted by atomic mass is 32.2. The summed E-state index contributed by atoms with van der Waals surface area (Å²) < 4.78 is 4.83. The van der Waals surface area contributed by atoms with E-state index in [0.29, 0.717) is 25.3 Å². The van der Waals surface area contributed by atoms with Crippen LogP contribution in [0.15, 0.2) is 48.5 Å². The normalized spacial score (nSPS) is 21.8. The standard InChI is InChI=1S/C29H37N3O6S/c1-18-21(10-7-11-23(18)33)26(35)31-22(14-19-8-5-4-6-9-19)24(34)28(37)32-17-39-29(2,3)25(32)27(36)30-15-20-12-13-38-16-20/h4-11,20,22,24-25,33-34H,12-17H2,1-3H3,(H,30,36)(H,31,35). The van der Waals surface area contributed by atoms with Gasteiger partial charge in [-0.3, -0.25) is 14.4 Å². The Bertz CT molecular complexity index is 1180. The van der Waals surface area contributed by atoms with E-state index >= 15 is 0 Å². The van der Waals surface area contributed by atoms with E-state index in [-0.39, 0.29) is 35.4 Å². The zero-order valence-corrected chi connectivity index (χ0v) is 23.4. The van der Waals surface area contributed by atoms with E-state index in [1.165, 1.54) is 22.7 Å². The van der Waals surface area contributed by atoms with Crippen LogP contribution in [0, 0.1) is 12.8 Å². The number of aromatic hydroxyl groups is 1. The van der Waals surface area contributed by atoms with E-state index in [4.69, 9.17) is 4.74 Å². The Balaban J connectivity index is 1.54. The molecule has 39 heavy (non-hydrogen) atoms. The highest BCUT2D eigenvalue weighted by Gasteiger charge is 2.49. The molecule has 0 aromatic heterocycles. The molecule has 2 heterocycles. The summed E-state index contributed by atoms with van der Waals surface area (Å²) in [4.78, 5) is 41.7. The first-order chi connectivity index (χ1) is 18.6. The molecule has 4 atom stereocenters. The van der Waals surface area contributed by atoms with Crippen molar-refractivity contribution in [2.75, 3.05) is 25.6 Å². The number of ether oxygens (including phenoxy) is 1. The Hall–Kier alpha value is -3.08. The SMILES string of the molecule is Cc1c(O)cccc1C(=O)NC(Cc1ccccc1)C(O)C(=O)N1CSC(C)(C)C1C(=O)NCC1CCOC1. The van der Waals surface area contributed by atoms with Crippen LogP contribution in [0.1, 0.15) is 41.8 Å². The summed E-state index contributed by atoms with van der Waals surface area (Å²) in [7, 11) is 0. The minimum absolute atomic E-state index is 0.0202. The van der Waals surface area contributed by atoms with Crippen LogP contribution in [-0.2, 0) is 20.7 Å². The summed E-state index contributed by atoms with van der Waals surface area (Å²) in [6.45, 7) is 7.20. The van der Waals surface area contributed by atoms with Crippen molar-refractivity contribution in [3.8, 4) is 5.75 Å². The van der Waals surface area contributed by atoms with Crippen molar-refractivity contribution in [3.05, 3.63) is 65.2 Å². The van der Waals surface area contributed by atoms with E-state index in [2.05, 4.69) is 10.6 Å². The van der Waals surface area contributed by atoms with Crippen LogP contribution < -0.4 is 10.6 Å². The first-order valence-corrected chi connectivity index (χ1v) is 14.2. The molecule has 0 bridgehead atoms. The molecular weight excluding hydrogens is 518 g/mol. The molecule has 2 aromatic carbocycles. The Morgan fingerprint density at radius 3 is 2.59 bits per heavy atom. The third kappa shape index (κ3) is 6.74. The molecule has 10 heteroatoms. The summed E-state index contributed by atoms with van der Waals surface area (Å²) in [5.41, 5.74) is 1.47. The molecule has 2 fully saturated rings. The molecule has 4 rings (SSSR count). The average Bonchev–Trinajstić information content (AvgIpc) is 3.55. The van der Waals surface area contributed by atoms with E-state index in [1.54, 1.807) is 19.1 Å². The van der Waals surface area contributed by atoms with Gasteiger partial charge >= 0.3 is 0 Å². The van der Waals surface area contributed by atoms with Gasteiger partial charge in [-0.2, -0.15) is 0 Å². The Kier molecular flexibility index (Phi) is 9.19. The number of carbonyl (C=O) groups is 3. The van der Waals surface area contributed by atoms with Gasteiger partial charge in [0, 0.05) is 34.9 Å².